The lowest BCUT2D eigenvalue weighted by atomic mass is 9.76. The van der Waals surface area contributed by atoms with E-state index in [9.17, 15) is 39.3 Å². The van der Waals surface area contributed by atoms with Crippen LogP contribution in [0.2, 0.25) is 0 Å². The molecule has 11 nitrogen and oxygen atoms in total. The fourth-order valence-electron chi connectivity index (χ4n) is 5.61. The maximum absolute atomic E-state index is 14.1. The van der Waals surface area contributed by atoms with Crippen LogP contribution in [0.4, 0.5) is 0 Å². The first-order valence-corrected chi connectivity index (χ1v) is 15.0. The van der Waals surface area contributed by atoms with Gasteiger partial charge in [-0.1, -0.05) is 76.3 Å². The van der Waals surface area contributed by atoms with Gasteiger partial charge in [-0.15, -0.1) is 0 Å². The van der Waals surface area contributed by atoms with Crippen LogP contribution in [0.1, 0.15) is 84.1 Å². The summed E-state index contributed by atoms with van der Waals surface area (Å²) in [6.45, 7) is 5.04. The number of amides is 3. The molecular weight excluding hydrogens is 542 g/mol. The van der Waals surface area contributed by atoms with E-state index in [-0.39, 0.29) is 18.3 Å². The number of aliphatic hydroxyl groups is 1. The normalized spacial score (nSPS) is 18.1. The van der Waals surface area contributed by atoms with Crippen molar-refractivity contribution in [3.63, 3.8) is 0 Å². The van der Waals surface area contributed by atoms with Crippen molar-refractivity contribution in [1.82, 2.24) is 10.2 Å². The number of hydrogen-bond acceptors (Lipinski definition) is 7. The van der Waals surface area contributed by atoms with Crippen LogP contribution in [0.5, 0.6) is 0 Å². The summed E-state index contributed by atoms with van der Waals surface area (Å²) < 4.78 is 0. The minimum atomic E-state index is -1.63. The van der Waals surface area contributed by atoms with Crippen LogP contribution < -0.4 is 11.1 Å². The van der Waals surface area contributed by atoms with Gasteiger partial charge in [0.05, 0.1) is 24.5 Å². The number of unbranched alkanes of at least 4 members (excludes halogenated alkanes) is 1. The molecule has 42 heavy (non-hydrogen) atoms. The number of nitrogens with zero attached hydrogens (tertiary/aromatic N) is 1. The molecule has 0 saturated heterocycles. The third-order valence-electron chi connectivity index (χ3n) is 8.29. The highest BCUT2D eigenvalue weighted by Crippen LogP contribution is 2.32. The van der Waals surface area contributed by atoms with E-state index in [1.54, 1.807) is 37.3 Å². The highest BCUT2D eigenvalue weighted by Gasteiger charge is 2.44. The van der Waals surface area contributed by atoms with E-state index in [2.05, 4.69) is 5.32 Å². The van der Waals surface area contributed by atoms with Gasteiger partial charge in [-0.05, 0) is 43.6 Å². The van der Waals surface area contributed by atoms with Crippen molar-refractivity contribution < 1.29 is 39.3 Å². The molecule has 6 N–H and O–H groups in total. The van der Waals surface area contributed by atoms with E-state index in [0.717, 1.165) is 32.1 Å². The number of hydrogen-bond donors (Lipinski definition) is 5. The van der Waals surface area contributed by atoms with Crippen LogP contribution in [0, 0.1) is 17.8 Å². The molecule has 1 unspecified atom stereocenters. The molecule has 0 spiro atoms. The van der Waals surface area contributed by atoms with Crippen LogP contribution in [-0.4, -0.2) is 74.1 Å². The number of aliphatic hydroxyl groups excluding tert-OH is 1. The van der Waals surface area contributed by atoms with Crippen molar-refractivity contribution in [2.45, 2.75) is 109 Å². The van der Waals surface area contributed by atoms with Gasteiger partial charge in [0.2, 0.25) is 17.7 Å². The molecule has 1 fully saturated rings. The molecule has 0 aliphatic heterocycles. The van der Waals surface area contributed by atoms with Crippen LogP contribution in [0.15, 0.2) is 30.3 Å². The molecule has 0 aromatic heterocycles. The molecule has 0 bridgehead atoms. The molecule has 0 radical (unpaired) electrons. The summed E-state index contributed by atoms with van der Waals surface area (Å²) in [5.41, 5.74) is 6.94. The molecule has 1 aliphatic carbocycles. The molecule has 3 amide bonds. The Morgan fingerprint density at radius 1 is 1.00 bits per heavy atom. The molecule has 6 atom stereocenters. The van der Waals surface area contributed by atoms with E-state index in [1.165, 1.54) is 6.92 Å². The van der Waals surface area contributed by atoms with Gasteiger partial charge in [0.25, 0.3) is 0 Å². The number of imide groups is 1. The Balaban J connectivity index is 2.54. The average Bonchev–Trinajstić information content (AvgIpc) is 2.96. The summed E-state index contributed by atoms with van der Waals surface area (Å²) in [7, 11) is 0. The predicted molar refractivity (Wildman–Crippen MR) is 156 cm³/mol. The first-order valence-electron chi connectivity index (χ1n) is 15.0. The number of rotatable bonds is 16. The average molecular weight is 590 g/mol. The van der Waals surface area contributed by atoms with Gasteiger partial charge in [-0.3, -0.25) is 28.9 Å². The third-order valence-corrected chi connectivity index (χ3v) is 8.29. The maximum atomic E-state index is 14.1. The second kappa shape index (κ2) is 17.0. The first kappa shape index (κ1) is 34.9. The number of carbonyl (C=O) groups is 5. The molecule has 1 aliphatic rings. The van der Waals surface area contributed by atoms with Crippen LogP contribution in [0.25, 0.3) is 0 Å². The zero-order valence-corrected chi connectivity index (χ0v) is 24.9. The highest BCUT2D eigenvalue weighted by molar-refractivity contribution is 6.04. The lowest BCUT2D eigenvalue weighted by Gasteiger charge is -2.36. The zero-order valence-electron chi connectivity index (χ0n) is 24.9. The van der Waals surface area contributed by atoms with Gasteiger partial charge in [0.1, 0.15) is 12.1 Å². The Labute approximate surface area is 247 Å². The van der Waals surface area contributed by atoms with Crippen LogP contribution in [-0.2, 0) is 30.4 Å². The number of carboxylic acid groups (broad SMARTS) is 2. The lowest BCUT2D eigenvalue weighted by molar-refractivity contribution is -0.159. The molecule has 11 heteroatoms. The first-order chi connectivity index (χ1) is 19.9. The summed E-state index contributed by atoms with van der Waals surface area (Å²) >= 11 is 0. The van der Waals surface area contributed by atoms with Gasteiger partial charge in [0, 0.05) is 6.42 Å². The van der Waals surface area contributed by atoms with Crippen molar-refractivity contribution in [3.8, 4) is 0 Å². The molecule has 234 valence electrons. The van der Waals surface area contributed by atoms with Crippen LogP contribution >= 0.6 is 0 Å². The molecular formula is C31H47N3O8. The van der Waals surface area contributed by atoms with E-state index in [1.807, 2.05) is 6.92 Å². The minimum Gasteiger partial charge on any atom is -0.481 e. The summed E-state index contributed by atoms with van der Waals surface area (Å²) in [5.74, 6) is -7.32. The Kier molecular flexibility index (Phi) is 14.1. The summed E-state index contributed by atoms with van der Waals surface area (Å²) in [6.07, 6.45) is 4.28. The largest absolute Gasteiger partial charge is 0.481 e. The van der Waals surface area contributed by atoms with Crippen molar-refractivity contribution in [3.05, 3.63) is 35.9 Å². The number of benzene rings is 1. The van der Waals surface area contributed by atoms with Crippen molar-refractivity contribution in [1.29, 1.82) is 0 Å². The quantitative estimate of drug-likeness (QED) is 0.193. The Morgan fingerprint density at radius 3 is 2.17 bits per heavy atom. The molecule has 1 aromatic carbocycles. The number of carboxylic acids is 2. The minimum absolute atomic E-state index is 0.161. The monoisotopic (exact) mass is 589 g/mol. The van der Waals surface area contributed by atoms with Gasteiger partial charge < -0.3 is 26.4 Å². The Morgan fingerprint density at radius 2 is 1.62 bits per heavy atom. The number of nitrogens with two attached hydrogens (primary N) is 1. The molecule has 1 saturated carbocycles. The van der Waals surface area contributed by atoms with Gasteiger partial charge in [-0.25, -0.2) is 0 Å². The van der Waals surface area contributed by atoms with E-state index >= 15 is 0 Å². The van der Waals surface area contributed by atoms with Crippen molar-refractivity contribution in [2.24, 2.45) is 23.5 Å². The summed E-state index contributed by atoms with van der Waals surface area (Å²) in [6, 6.07) is 4.08. The van der Waals surface area contributed by atoms with Crippen molar-refractivity contribution >= 4 is 29.7 Å². The standard InChI is InChI=1S/C31H47N3O8/c1-4-5-12-19(2)24(35)18-25(36)34(29(38)27(32)26(31(41)42)22-15-10-7-11-16-22)23(17-21-13-8-6-9-14-21)28(37)33-20(3)30(39)40/h6,8-9,13-14,19-20,22-24,26-27,35H,4-5,7,10-12,15-18,32H2,1-3H3,(H,33,37)(H,39,40)(H,41,42)/t19-,20+,23+,24-,26?,27+/m0/s1. The second-order valence-electron chi connectivity index (χ2n) is 11.6. The fourth-order valence-corrected chi connectivity index (χ4v) is 5.61. The van der Waals surface area contributed by atoms with Crippen molar-refractivity contribution in [2.75, 3.05) is 0 Å². The zero-order chi connectivity index (χ0) is 31.4. The van der Waals surface area contributed by atoms with Gasteiger partial charge in [-0.2, -0.15) is 0 Å². The third kappa shape index (κ3) is 9.90. The van der Waals surface area contributed by atoms with Crippen LogP contribution in [0.3, 0.4) is 0 Å². The fraction of sp³-hybridized carbons (Fsp3) is 0.645. The SMILES string of the molecule is CCCC[C@H](C)[C@@H](O)CC(=O)N(C(=O)[C@H](N)C(C(=O)O)C1CCCCC1)[C@H](Cc1ccccc1)C(=O)N[C@H](C)C(=O)O. The Bertz CT molecular complexity index is 1060. The molecule has 1 aromatic rings. The number of carbonyl (C=O) groups excluding carboxylic acids is 3. The highest BCUT2D eigenvalue weighted by atomic mass is 16.4. The van der Waals surface area contributed by atoms with Gasteiger partial charge >= 0.3 is 11.9 Å². The Hall–Kier alpha value is -3.31. The van der Waals surface area contributed by atoms with Gasteiger partial charge in [0.15, 0.2) is 0 Å². The molecule has 0 heterocycles. The topological polar surface area (TPSA) is 187 Å². The lowest BCUT2D eigenvalue weighted by Crippen LogP contribution is -2.61. The van der Waals surface area contributed by atoms with E-state index < -0.39 is 66.2 Å². The predicted octanol–water partition coefficient (Wildman–Crippen LogP) is 2.73. The second-order valence-corrected chi connectivity index (χ2v) is 11.6. The molecule has 2 rings (SSSR count). The number of aliphatic carboxylic acids is 2. The summed E-state index contributed by atoms with van der Waals surface area (Å²) in [4.78, 5) is 66.1. The smallest absolute Gasteiger partial charge is 0.325 e. The maximum Gasteiger partial charge on any atom is 0.325 e. The van der Waals surface area contributed by atoms with E-state index in [0.29, 0.717) is 29.7 Å². The number of nitrogens with one attached hydrogen (secondary N) is 1. The summed E-state index contributed by atoms with van der Waals surface area (Å²) in [5, 5.41) is 32.7. The van der Waals surface area contributed by atoms with E-state index in [4.69, 9.17) is 5.73 Å².